The van der Waals surface area contributed by atoms with Gasteiger partial charge in [0.2, 0.25) is 5.95 Å². The summed E-state index contributed by atoms with van der Waals surface area (Å²) in [4.78, 5) is 12.0. The Bertz CT molecular complexity index is 2410. The minimum absolute atomic E-state index is 0.134. The van der Waals surface area contributed by atoms with Gasteiger partial charge < -0.3 is 0 Å². The van der Waals surface area contributed by atoms with Crippen molar-refractivity contribution in [3.8, 4) is 27.6 Å². The lowest BCUT2D eigenvalue weighted by molar-refractivity contribution is 0.555. The number of hydrogen-bond donors (Lipinski definition) is 0. The number of hydrogen-bond acceptors (Lipinski definition) is 3. The molecule has 0 bridgehead atoms. The lowest BCUT2D eigenvalue weighted by Gasteiger charge is -2.26. The van der Waals surface area contributed by atoms with Crippen LogP contribution in [0.4, 0.5) is 0 Å². The average Bonchev–Trinajstić information content (AvgIpc) is 3.83. The molecule has 204 valence electrons. The Morgan fingerprint density at radius 2 is 1.35 bits per heavy atom. The van der Waals surface area contributed by atoms with Crippen molar-refractivity contribution in [2.75, 3.05) is 0 Å². The number of thiophene rings is 1. The molecule has 43 heavy (non-hydrogen) atoms. The van der Waals surface area contributed by atoms with Crippen LogP contribution in [0, 0.1) is 0 Å². The number of fused-ring (bicyclic) bond motifs is 12. The Balaban J connectivity index is 1.35. The van der Waals surface area contributed by atoms with Crippen molar-refractivity contribution in [3.05, 3.63) is 126 Å². The molecule has 3 nitrogen and oxygen atoms in total. The van der Waals surface area contributed by atoms with Crippen LogP contribution in [-0.2, 0) is 5.41 Å². The zero-order valence-electron chi connectivity index (χ0n) is 23.5. The van der Waals surface area contributed by atoms with Crippen LogP contribution in [-0.4, -0.2) is 14.5 Å². The number of aromatic nitrogens is 3. The number of benzene rings is 5. The fourth-order valence-electron chi connectivity index (χ4n) is 8.19. The highest BCUT2D eigenvalue weighted by Gasteiger charge is 2.47. The third-order valence-corrected chi connectivity index (χ3v) is 11.2. The normalized spacial score (nSPS) is 15.3. The van der Waals surface area contributed by atoms with E-state index in [1.807, 2.05) is 11.3 Å². The molecule has 0 atom stereocenters. The van der Waals surface area contributed by atoms with E-state index in [2.05, 4.69) is 120 Å². The van der Waals surface area contributed by atoms with Gasteiger partial charge in [0.1, 0.15) is 0 Å². The molecule has 3 heterocycles. The van der Waals surface area contributed by atoms with Crippen molar-refractivity contribution < 1.29 is 0 Å². The molecule has 0 N–H and O–H groups in total. The molecule has 4 heteroatoms. The summed E-state index contributed by atoms with van der Waals surface area (Å²) in [5.41, 5.74) is 10.1. The van der Waals surface area contributed by atoms with E-state index in [9.17, 15) is 0 Å². The molecule has 2 aliphatic carbocycles. The van der Waals surface area contributed by atoms with Crippen LogP contribution in [0.1, 0.15) is 36.8 Å². The van der Waals surface area contributed by atoms with Gasteiger partial charge in [-0.05, 0) is 47.1 Å². The lowest BCUT2D eigenvalue weighted by atomic mass is 9.76. The maximum Gasteiger partial charge on any atom is 0.235 e. The molecular formula is C39H27N3S. The molecule has 5 aromatic carbocycles. The van der Waals surface area contributed by atoms with Gasteiger partial charge in [0.15, 0.2) is 0 Å². The summed E-state index contributed by atoms with van der Waals surface area (Å²) in [7, 11) is 0. The highest BCUT2D eigenvalue weighted by Crippen LogP contribution is 2.62. The molecule has 0 saturated heterocycles. The molecular weight excluding hydrogens is 543 g/mol. The van der Waals surface area contributed by atoms with E-state index in [4.69, 9.17) is 9.97 Å². The maximum atomic E-state index is 5.35. The minimum atomic E-state index is 0.134. The van der Waals surface area contributed by atoms with E-state index in [1.165, 1.54) is 62.5 Å². The third kappa shape index (κ3) is 3.09. The second kappa shape index (κ2) is 8.62. The van der Waals surface area contributed by atoms with Crippen molar-refractivity contribution >= 4 is 54.1 Å². The third-order valence-electron chi connectivity index (χ3n) is 9.95. The van der Waals surface area contributed by atoms with E-state index in [0.29, 0.717) is 0 Å². The zero-order valence-corrected chi connectivity index (χ0v) is 24.4. The quantitative estimate of drug-likeness (QED) is 0.207. The maximum absolute atomic E-state index is 5.35. The van der Waals surface area contributed by atoms with Gasteiger partial charge in [0, 0.05) is 32.0 Å². The van der Waals surface area contributed by atoms with Crippen molar-refractivity contribution in [2.24, 2.45) is 0 Å². The molecule has 0 radical (unpaired) electrons. The average molecular weight is 570 g/mol. The van der Waals surface area contributed by atoms with E-state index < -0.39 is 0 Å². The van der Waals surface area contributed by atoms with Gasteiger partial charge in [0.25, 0.3) is 0 Å². The molecule has 1 spiro atoms. The fourth-order valence-corrected chi connectivity index (χ4v) is 9.66. The van der Waals surface area contributed by atoms with Gasteiger partial charge in [-0.2, -0.15) is 0 Å². The van der Waals surface area contributed by atoms with Crippen LogP contribution in [0.25, 0.3) is 70.4 Å². The Hall–Kier alpha value is -4.80. The number of para-hydroxylation sites is 2. The summed E-state index contributed by atoms with van der Waals surface area (Å²) in [5, 5.41) is 4.97. The first-order valence-corrected chi connectivity index (χ1v) is 16.1. The topological polar surface area (TPSA) is 30.7 Å². The van der Waals surface area contributed by atoms with E-state index in [1.54, 1.807) is 11.1 Å². The summed E-state index contributed by atoms with van der Waals surface area (Å²) >= 11 is 1.97. The summed E-state index contributed by atoms with van der Waals surface area (Å²) in [6, 6.07) is 41.6. The van der Waals surface area contributed by atoms with Gasteiger partial charge in [-0.3, -0.25) is 4.57 Å². The molecule has 2 aliphatic rings. The van der Waals surface area contributed by atoms with Gasteiger partial charge >= 0.3 is 0 Å². The number of rotatable bonds is 2. The van der Waals surface area contributed by atoms with Crippen LogP contribution >= 0.6 is 11.3 Å². The lowest BCUT2D eigenvalue weighted by Crippen LogP contribution is -2.20. The molecule has 3 aromatic heterocycles. The van der Waals surface area contributed by atoms with Crippen LogP contribution in [0.3, 0.4) is 0 Å². The first-order chi connectivity index (χ1) is 21.3. The van der Waals surface area contributed by atoms with E-state index in [0.717, 1.165) is 33.6 Å². The molecule has 1 saturated carbocycles. The summed E-state index contributed by atoms with van der Waals surface area (Å²) in [6.45, 7) is 0. The molecule has 0 aliphatic heterocycles. The Labute approximate surface area is 253 Å². The van der Waals surface area contributed by atoms with Crippen molar-refractivity contribution in [1.82, 2.24) is 14.5 Å². The Morgan fingerprint density at radius 3 is 2.23 bits per heavy atom. The molecule has 8 aromatic rings. The van der Waals surface area contributed by atoms with Gasteiger partial charge in [-0.25, -0.2) is 9.97 Å². The van der Waals surface area contributed by atoms with Crippen LogP contribution in [0.5, 0.6) is 0 Å². The van der Waals surface area contributed by atoms with Crippen LogP contribution in [0.2, 0.25) is 0 Å². The second-order valence-electron chi connectivity index (χ2n) is 12.1. The van der Waals surface area contributed by atoms with Crippen molar-refractivity contribution in [3.63, 3.8) is 0 Å². The highest BCUT2D eigenvalue weighted by atomic mass is 32.1. The van der Waals surface area contributed by atoms with E-state index >= 15 is 0 Å². The predicted molar refractivity (Wildman–Crippen MR) is 179 cm³/mol. The fraction of sp³-hybridized carbons (Fsp3) is 0.128. The molecule has 0 unspecified atom stereocenters. The molecule has 10 rings (SSSR count). The van der Waals surface area contributed by atoms with Crippen LogP contribution in [0.15, 0.2) is 115 Å². The summed E-state index contributed by atoms with van der Waals surface area (Å²) in [5.74, 6) is 0.723. The highest BCUT2D eigenvalue weighted by molar-refractivity contribution is 7.23. The zero-order chi connectivity index (χ0) is 28.1. The van der Waals surface area contributed by atoms with Crippen LogP contribution < -0.4 is 0 Å². The minimum Gasteiger partial charge on any atom is -0.276 e. The SMILES string of the molecule is c1ccc(-c2nc(-n3c4ccccc4c4ccc5c6c(sc5c43)-c3ccccc3C63CCCC3)nc3ccccc23)cc1. The Kier molecular flexibility index (Phi) is 4.76. The monoisotopic (exact) mass is 569 g/mol. The van der Waals surface area contributed by atoms with Gasteiger partial charge in [-0.1, -0.05) is 116 Å². The summed E-state index contributed by atoms with van der Waals surface area (Å²) in [6.07, 6.45) is 5.05. The first kappa shape index (κ1) is 23.7. The smallest absolute Gasteiger partial charge is 0.235 e. The van der Waals surface area contributed by atoms with Gasteiger partial charge in [-0.15, -0.1) is 11.3 Å². The number of nitrogens with zero attached hydrogens (tertiary/aromatic N) is 3. The molecule has 0 amide bonds. The van der Waals surface area contributed by atoms with Gasteiger partial charge in [0.05, 0.1) is 26.9 Å². The van der Waals surface area contributed by atoms with Crippen molar-refractivity contribution in [1.29, 1.82) is 0 Å². The summed E-state index contributed by atoms with van der Waals surface area (Å²) < 4.78 is 3.68. The first-order valence-electron chi connectivity index (χ1n) is 15.2. The Morgan fingerprint density at radius 1 is 0.628 bits per heavy atom. The predicted octanol–water partition coefficient (Wildman–Crippen LogP) is 10.4. The molecule has 1 fully saturated rings. The van der Waals surface area contributed by atoms with Crippen molar-refractivity contribution in [2.45, 2.75) is 31.1 Å². The second-order valence-corrected chi connectivity index (χ2v) is 13.1. The largest absolute Gasteiger partial charge is 0.276 e. The standard InChI is InChI=1S/C39H27N3S/c1-2-12-24(13-3-1)34-28-16-5-8-18-31(28)40-38(41-34)42-32-19-9-6-14-25(32)26-20-21-29-33-36(43-37(29)35(26)42)27-15-4-7-17-30(27)39(33)22-10-11-23-39/h1-9,12-21H,10-11,22-23H2. The van der Waals surface area contributed by atoms with E-state index in [-0.39, 0.29) is 5.41 Å².